The van der Waals surface area contributed by atoms with Gasteiger partial charge < -0.3 is 0 Å². The van der Waals surface area contributed by atoms with Gasteiger partial charge in [-0.2, -0.15) is 5.10 Å². The highest BCUT2D eigenvalue weighted by atomic mass is 32.1. The molecular weight excluding hydrogens is 175 g/mol. The van der Waals surface area contributed by atoms with Crippen LogP contribution in [0.15, 0.2) is 17.0 Å². The third-order valence-electron chi connectivity index (χ3n) is 1.81. The van der Waals surface area contributed by atoms with Crippen LogP contribution in [0.3, 0.4) is 0 Å². The van der Waals surface area contributed by atoms with E-state index in [4.69, 9.17) is 0 Å². The third-order valence-corrected chi connectivity index (χ3v) is 2.16. The highest BCUT2D eigenvalue weighted by molar-refractivity contribution is 7.80. The quantitative estimate of drug-likeness (QED) is 0.601. The molecule has 2 rings (SSSR count). The van der Waals surface area contributed by atoms with E-state index in [1.54, 1.807) is 6.07 Å². The van der Waals surface area contributed by atoms with Crippen LogP contribution in [0.25, 0.3) is 10.9 Å². The van der Waals surface area contributed by atoms with E-state index in [2.05, 4.69) is 22.8 Å². The number of nitrogens with one attached hydrogen (secondary N) is 1. The molecule has 0 saturated heterocycles. The second-order valence-electron chi connectivity index (χ2n) is 2.67. The van der Waals surface area contributed by atoms with E-state index in [1.807, 2.05) is 6.92 Å². The zero-order valence-corrected chi connectivity index (χ0v) is 7.32. The molecule has 1 N–H and O–H groups in total. The molecule has 0 saturated carbocycles. The van der Waals surface area contributed by atoms with Crippen LogP contribution in [0.2, 0.25) is 0 Å². The summed E-state index contributed by atoms with van der Waals surface area (Å²) >= 11 is 3.98. The Balaban J connectivity index is 2.87. The van der Waals surface area contributed by atoms with E-state index < -0.39 is 0 Å². The summed E-state index contributed by atoms with van der Waals surface area (Å²) in [7, 11) is 0. The van der Waals surface area contributed by atoms with Gasteiger partial charge in [0.1, 0.15) is 5.82 Å². The normalized spacial score (nSPS) is 10.9. The summed E-state index contributed by atoms with van der Waals surface area (Å²) in [6.45, 7) is 1.89. The van der Waals surface area contributed by atoms with Crippen LogP contribution in [0.5, 0.6) is 0 Å². The maximum atomic E-state index is 12.9. The van der Waals surface area contributed by atoms with Crippen molar-refractivity contribution in [2.24, 2.45) is 0 Å². The van der Waals surface area contributed by atoms with Gasteiger partial charge in [-0.25, -0.2) is 4.39 Å². The van der Waals surface area contributed by atoms with Crippen molar-refractivity contribution < 1.29 is 4.39 Å². The molecular formula is C8H7FN2S. The first-order valence-electron chi connectivity index (χ1n) is 3.51. The van der Waals surface area contributed by atoms with Crippen LogP contribution in [-0.4, -0.2) is 10.2 Å². The summed E-state index contributed by atoms with van der Waals surface area (Å²) in [6, 6.07) is 3.05. The van der Waals surface area contributed by atoms with Crippen molar-refractivity contribution in [1.29, 1.82) is 0 Å². The predicted octanol–water partition coefficient (Wildman–Crippen LogP) is 2.30. The molecule has 62 valence electrons. The number of aromatic amines is 1. The van der Waals surface area contributed by atoms with Crippen LogP contribution in [-0.2, 0) is 0 Å². The van der Waals surface area contributed by atoms with Crippen LogP contribution in [0, 0.1) is 12.7 Å². The monoisotopic (exact) mass is 182 g/mol. The van der Waals surface area contributed by atoms with E-state index in [9.17, 15) is 4.39 Å². The molecule has 1 heterocycles. The minimum atomic E-state index is -0.336. The van der Waals surface area contributed by atoms with E-state index in [0.717, 1.165) is 11.1 Å². The molecule has 1 aromatic carbocycles. The Labute approximate surface area is 74.2 Å². The molecule has 2 nitrogen and oxygen atoms in total. The molecule has 0 radical (unpaired) electrons. The molecule has 0 aliphatic rings. The Morgan fingerprint density at radius 1 is 1.50 bits per heavy atom. The number of thiol groups is 1. The summed E-state index contributed by atoms with van der Waals surface area (Å²) in [5, 5.41) is 7.62. The lowest BCUT2D eigenvalue weighted by Crippen LogP contribution is -1.78. The van der Waals surface area contributed by atoms with Gasteiger partial charge in [0.2, 0.25) is 0 Å². The van der Waals surface area contributed by atoms with Crippen molar-refractivity contribution in [1.82, 2.24) is 10.2 Å². The van der Waals surface area contributed by atoms with Gasteiger partial charge in [-0.05, 0) is 13.0 Å². The van der Waals surface area contributed by atoms with Crippen molar-refractivity contribution in [3.05, 3.63) is 23.6 Å². The summed E-state index contributed by atoms with van der Waals surface area (Å²) < 4.78 is 12.9. The Morgan fingerprint density at radius 2 is 2.25 bits per heavy atom. The average molecular weight is 182 g/mol. The molecule has 1 aromatic heterocycles. The number of aryl methyl sites for hydroxylation is 1. The summed E-state index contributed by atoms with van der Waals surface area (Å²) in [5.41, 5.74) is 1.57. The first kappa shape index (κ1) is 7.61. The lowest BCUT2D eigenvalue weighted by molar-refractivity contribution is 0.604. The first-order chi connectivity index (χ1) is 5.68. The fourth-order valence-corrected chi connectivity index (χ4v) is 1.34. The van der Waals surface area contributed by atoms with Gasteiger partial charge >= 0.3 is 0 Å². The van der Waals surface area contributed by atoms with E-state index in [1.165, 1.54) is 6.07 Å². The standard InChI is InChI=1S/C8H7FN2S/c1-4-5-2-8(12)6(9)3-7(5)11-10-4/h2-3,12H,1H3,(H,10,11). The number of benzene rings is 1. The van der Waals surface area contributed by atoms with Gasteiger partial charge in [0, 0.05) is 22.0 Å². The Bertz CT molecular complexity index is 436. The number of hydrogen-bond donors (Lipinski definition) is 2. The molecule has 0 aliphatic carbocycles. The Kier molecular flexibility index (Phi) is 1.58. The molecule has 0 spiro atoms. The maximum absolute atomic E-state index is 12.9. The topological polar surface area (TPSA) is 28.7 Å². The Hall–Kier alpha value is -1.03. The number of nitrogens with zero attached hydrogens (tertiary/aromatic N) is 1. The Morgan fingerprint density at radius 3 is 3.00 bits per heavy atom. The van der Waals surface area contributed by atoms with Gasteiger partial charge in [-0.3, -0.25) is 5.10 Å². The summed E-state index contributed by atoms with van der Waals surface area (Å²) in [4.78, 5) is 0.354. The summed E-state index contributed by atoms with van der Waals surface area (Å²) in [5.74, 6) is -0.336. The first-order valence-corrected chi connectivity index (χ1v) is 3.96. The second kappa shape index (κ2) is 2.48. The summed E-state index contributed by atoms with van der Waals surface area (Å²) in [6.07, 6.45) is 0. The number of fused-ring (bicyclic) bond motifs is 1. The van der Waals surface area contributed by atoms with Gasteiger partial charge in [0.05, 0.1) is 5.52 Å². The van der Waals surface area contributed by atoms with Gasteiger partial charge in [0.25, 0.3) is 0 Å². The van der Waals surface area contributed by atoms with E-state index >= 15 is 0 Å². The zero-order valence-electron chi connectivity index (χ0n) is 6.43. The highest BCUT2D eigenvalue weighted by Gasteiger charge is 2.05. The number of hydrogen-bond acceptors (Lipinski definition) is 2. The van der Waals surface area contributed by atoms with Crippen LogP contribution in [0.1, 0.15) is 5.69 Å². The molecule has 2 aromatic rings. The minimum absolute atomic E-state index is 0.336. The van der Waals surface area contributed by atoms with Crippen LogP contribution < -0.4 is 0 Å². The number of H-pyrrole nitrogens is 1. The maximum Gasteiger partial charge on any atom is 0.138 e. The van der Waals surface area contributed by atoms with Crippen molar-refractivity contribution in [2.75, 3.05) is 0 Å². The smallest absolute Gasteiger partial charge is 0.138 e. The van der Waals surface area contributed by atoms with Gasteiger partial charge in [-0.1, -0.05) is 0 Å². The van der Waals surface area contributed by atoms with Gasteiger partial charge in [-0.15, -0.1) is 12.6 Å². The van der Waals surface area contributed by atoms with Crippen molar-refractivity contribution >= 4 is 23.5 Å². The molecule has 0 unspecified atom stereocenters. The lowest BCUT2D eigenvalue weighted by atomic mass is 10.2. The SMILES string of the molecule is Cc1[nH]nc2cc(F)c(S)cc12. The van der Waals surface area contributed by atoms with Crippen LogP contribution in [0.4, 0.5) is 4.39 Å². The fourth-order valence-electron chi connectivity index (χ4n) is 1.15. The predicted molar refractivity (Wildman–Crippen MR) is 48.0 cm³/mol. The van der Waals surface area contributed by atoms with Gasteiger partial charge in [0.15, 0.2) is 0 Å². The zero-order chi connectivity index (χ0) is 8.72. The fraction of sp³-hybridized carbons (Fsp3) is 0.125. The molecule has 0 bridgehead atoms. The minimum Gasteiger partial charge on any atom is -0.282 e. The largest absolute Gasteiger partial charge is 0.282 e. The number of rotatable bonds is 0. The molecule has 0 fully saturated rings. The third kappa shape index (κ3) is 0.992. The lowest BCUT2D eigenvalue weighted by Gasteiger charge is -1.94. The number of aromatic nitrogens is 2. The number of halogens is 1. The molecule has 0 aliphatic heterocycles. The second-order valence-corrected chi connectivity index (χ2v) is 3.15. The highest BCUT2D eigenvalue weighted by Crippen LogP contribution is 2.21. The van der Waals surface area contributed by atoms with Crippen molar-refractivity contribution in [2.45, 2.75) is 11.8 Å². The van der Waals surface area contributed by atoms with Crippen molar-refractivity contribution in [3.8, 4) is 0 Å². The molecule has 0 atom stereocenters. The van der Waals surface area contributed by atoms with Crippen molar-refractivity contribution in [3.63, 3.8) is 0 Å². The average Bonchev–Trinajstić information content (AvgIpc) is 2.35. The van der Waals surface area contributed by atoms with Crippen LogP contribution >= 0.6 is 12.6 Å². The van der Waals surface area contributed by atoms with E-state index in [0.29, 0.717) is 10.4 Å². The molecule has 4 heteroatoms. The molecule has 12 heavy (non-hydrogen) atoms. The molecule has 0 amide bonds. The van der Waals surface area contributed by atoms with E-state index in [-0.39, 0.29) is 5.82 Å².